The van der Waals surface area contributed by atoms with Gasteiger partial charge in [0.15, 0.2) is 0 Å². The summed E-state index contributed by atoms with van der Waals surface area (Å²) in [5.74, 6) is -0.177. The Morgan fingerprint density at radius 1 is 1.50 bits per heavy atom. The Bertz CT molecular complexity index is 704. The highest BCUT2D eigenvalue weighted by molar-refractivity contribution is 6.07. The second-order valence-corrected chi connectivity index (χ2v) is 3.79. The van der Waals surface area contributed by atoms with E-state index in [0.717, 1.165) is 19.3 Å². The number of nitrogens with one attached hydrogen (secondary N) is 1. The number of carbonyl (C=O) groups is 1. The normalized spacial score (nSPS) is 12.7. The summed E-state index contributed by atoms with van der Waals surface area (Å²) in [7, 11) is 1.11. The number of carbonyl (C=O) groups excluding carboxylic acids is 2. The molecule has 0 bridgehead atoms. The van der Waals surface area contributed by atoms with Crippen LogP contribution >= 0.6 is 0 Å². The second kappa shape index (κ2) is 4.94. The van der Waals surface area contributed by atoms with Gasteiger partial charge in [0, 0.05) is 5.56 Å². The van der Waals surface area contributed by atoms with E-state index in [1.54, 1.807) is 0 Å². The number of hydrogen-bond donors (Lipinski definition) is 1. The number of methoxy groups -OCH3 is 1. The van der Waals surface area contributed by atoms with Gasteiger partial charge in [-0.2, -0.15) is 0 Å². The fourth-order valence-electron chi connectivity index (χ4n) is 1.78. The topological polar surface area (TPSA) is 98.5 Å². The number of anilines is 1. The van der Waals surface area contributed by atoms with Gasteiger partial charge in [0.05, 0.1) is 23.7 Å². The Hall–Kier alpha value is -2.99. The SMILES string of the molecule is COC(=O)C1=CC(=C=O)c2cc(F)cc([N+](=O)[O-])c2N1. The molecule has 0 spiro atoms. The summed E-state index contributed by atoms with van der Waals surface area (Å²) < 4.78 is 17.8. The van der Waals surface area contributed by atoms with Gasteiger partial charge < -0.3 is 10.1 Å². The molecule has 1 heterocycles. The van der Waals surface area contributed by atoms with Crippen molar-refractivity contribution in [2.45, 2.75) is 0 Å². The number of nitrogens with zero attached hydrogens (tertiary/aromatic N) is 1. The molecule has 1 aromatic rings. The van der Waals surface area contributed by atoms with E-state index in [0.29, 0.717) is 6.07 Å². The Morgan fingerprint density at radius 3 is 2.75 bits per heavy atom. The van der Waals surface area contributed by atoms with Crippen molar-refractivity contribution >= 4 is 28.9 Å². The average molecular weight is 278 g/mol. The summed E-state index contributed by atoms with van der Waals surface area (Å²) in [5, 5.41) is 13.4. The minimum atomic E-state index is -0.875. The minimum absolute atomic E-state index is 0.0423. The van der Waals surface area contributed by atoms with E-state index >= 15 is 0 Å². The zero-order chi connectivity index (χ0) is 14.9. The van der Waals surface area contributed by atoms with E-state index in [-0.39, 0.29) is 22.5 Å². The highest BCUT2D eigenvalue weighted by Crippen LogP contribution is 2.38. The molecule has 0 unspecified atom stereocenters. The van der Waals surface area contributed by atoms with Crippen LogP contribution in [0.25, 0.3) is 5.57 Å². The molecule has 0 radical (unpaired) electrons. The third-order valence-electron chi connectivity index (χ3n) is 2.63. The highest BCUT2D eigenvalue weighted by atomic mass is 19.1. The summed E-state index contributed by atoms with van der Waals surface area (Å²) in [6.45, 7) is 0. The largest absolute Gasteiger partial charge is 0.464 e. The summed E-state index contributed by atoms with van der Waals surface area (Å²) in [4.78, 5) is 32.4. The van der Waals surface area contributed by atoms with Gasteiger partial charge in [0.25, 0.3) is 5.69 Å². The predicted octanol–water partition coefficient (Wildman–Crippen LogP) is 1.43. The maximum atomic E-state index is 13.4. The average Bonchev–Trinajstić information content (AvgIpc) is 2.44. The first kappa shape index (κ1) is 13.4. The Morgan fingerprint density at radius 2 is 2.20 bits per heavy atom. The van der Waals surface area contributed by atoms with Gasteiger partial charge in [-0.1, -0.05) is 0 Å². The van der Waals surface area contributed by atoms with Crippen molar-refractivity contribution in [3.8, 4) is 0 Å². The molecule has 0 saturated heterocycles. The summed E-state index contributed by atoms with van der Waals surface area (Å²) in [6.07, 6.45) is 1.09. The maximum Gasteiger partial charge on any atom is 0.354 e. The van der Waals surface area contributed by atoms with E-state index in [4.69, 9.17) is 0 Å². The Labute approximate surface area is 111 Å². The number of allylic oxidation sites excluding steroid dienone is 2. The van der Waals surface area contributed by atoms with Gasteiger partial charge >= 0.3 is 5.97 Å². The monoisotopic (exact) mass is 278 g/mol. The number of hydrogen-bond acceptors (Lipinski definition) is 6. The minimum Gasteiger partial charge on any atom is -0.464 e. The molecular weight excluding hydrogens is 271 g/mol. The van der Waals surface area contributed by atoms with Crippen molar-refractivity contribution in [1.82, 2.24) is 0 Å². The van der Waals surface area contributed by atoms with Gasteiger partial charge in [0.1, 0.15) is 23.1 Å². The van der Waals surface area contributed by atoms with Crippen molar-refractivity contribution < 1.29 is 23.6 Å². The zero-order valence-corrected chi connectivity index (χ0v) is 10.1. The molecular formula is C12H7FN2O5. The molecule has 20 heavy (non-hydrogen) atoms. The van der Waals surface area contributed by atoms with Crippen molar-refractivity contribution in [3.63, 3.8) is 0 Å². The maximum absolute atomic E-state index is 13.4. The lowest BCUT2D eigenvalue weighted by atomic mass is 9.98. The predicted molar refractivity (Wildman–Crippen MR) is 65.9 cm³/mol. The number of esters is 1. The molecule has 0 saturated carbocycles. The first-order valence-electron chi connectivity index (χ1n) is 5.28. The molecule has 1 N–H and O–H groups in total. The fourth-order valence-corrected chi connectivity index (χ4v) is 1.78. The van der Waals surface area contributed by atoms with Crippen LogP contribution in [0.15, 0.2) is 23.9 Å². The van der Waals surface area contributed by atoms with Crippen LogP contribution in [0.3, 0.4) is 0 Å². The molecule has 1 aliphatic heterocycles. The molecule has 1 aliphatic rings. The molecule has 0 aliphatic carbocycles. The van der Waals surface area contributed by atoms with Gasteiger partial charge in [-0.25, -0.2) is 14.0 Å². The number of halogens is 1. The van der Waals surface area contributed by atoms with Crippen LogP contribution in [0.5, 0.6) is 0 Å². The van der Waals surface area contributed by atoms with Crippen LogP contribution in [-0.2, 0) is 14.3 Å². The first-order valence-corrected chi connectivity index (χ1v) is 5.28. The van der Waals surface area contributed by atoms with Crippen LogP contribution in [-0.4, -0.2) is 23.9 Å². The Kier molecular flexibility index (Phi) is 3.32. The van der Waals surface area contributed by atoms with Gasteiger partial charge in [-0.3, -0.25) is 10.1 Å². The van der Waals surface area contributed by atoms with Crippen molar-refractivity contribution in [3.05, 3.63) is 45.4 Å². The lowest BCUT2D eigenvalue weighted by molar-refractivity contribution is -0.384. The van der Waals surface area contributed by atoms with Gasteiger partial charge in [-0.05, 0) is 12.1 Å². The van der Waals surface area contributed by atoms with Crippen LogP contribution in [0.4, 0.5) is 15.8 Å². The van der Waals surface area contributed by atoms with Gasteiger partial charge in [0.2, 0.25) is 0 Å². The van der Waals surface area contributed by atoms with Crippen LogP contribution in [0.1, 0.15) is 5.56 Å². The van der Waals surface area contributed by atoms with Crippen LogP contribution in [0.2, 0.25) is 0 Å². The van der Waals surface area contributed by atoms with E-state index < -0.39 is 22.4 Å². The third-order valence-corrected chi connectivity index (χ3v) is 2.63. The smallest absolute Gasteiger partial charge is 0.354 e. The van der Waals surface area contributed by atoms with Gasteiger partial charge in [-0.15, -0.1) is 0 Å². The Balaban J connectivity index is 2.69. The quantitative estimate of drug-likeness (QED) is 0.380. The lowest BCUT2D eigenvalue weighted by Crippen LogP contribution is -2.18. The van der Waals surface area contributed by atoms with Crippen molar-refractivity contribution in [2.75, 3.05) is 12.4 Å². The second-order valence-electron chi connectivity index (χ2n) is 3.79. The third kappa shape index (κ3) is 2.15. The number of rotatable bonds is 2. The van der Waals surface area contributed by atoms with Crippen LogP contribution < -0.4 is 5.32 Å². The van der Waals surface area contributed by atoms with E-state index in [2.05, 4.69) is 10.1 Å². The summed E-state index contributed by atoms with van der Waals surface area (Å²) in [6, 6.07) is 1.63. The number of ether oxygens (including phenoxy) is 1. The number of benzene rings is 1. The lowest BCUT2D eigenvalue weighted by Gasteiger charge is -2.18. The molecule has 0 atom stereocenters. The van der Waals surface area contributed by atoms with E-state index in [1.165, 1.54) is 5.94 Å². The molecule has 1 aromatic carbocycles. The first-order chi connectivity index (χ1) is 9.47. The standard InChI is InChI=1S/C12H7FN2O5/c1-20-12(17)9-2-6(5-16)8-3-7(13)4-10(15(18)19)11(8)14-9/h2-4,14H,1H3. The van der Waals surface area contributed by atoms with Crippen LogP contribution in [0, 0.1) is 15.9 Å². The van der Waals surface area contributed by atoms with Crippen molar-refractivity contribution in [2.24, 2.45) is 0 Å². The number of fused-ring (bicyclic) bond motifs is 1. The number of nitro benzene ring substituents is 1. The molecule has 0 fully saturated rings. The molecule has 102 valence electrons. The molecule has 7 nitrogen and oxygen atoms in total. The van der Waals surface area contributed by atoms with Crippen molar-refractivity contribution in [1.29, 1.82) is 0 Å². The van der Waals surface area contributed by atoms with E-state index in [1.807, 2.05) is 0 Å². The number of nitro groups is 1. The molecule has 8 heteroatoms. The fraction of sp³-hybridized carbons (Fsp3) is 0.0833. The molecule has 0 amide bonds. The molecule has 0 aromatic heterocycles. The summed E-state index contributed by atoms with van der Waals surface area (Å²) >= 11 is 0. The molecule has 2 rings (SSSR count). The highest BCUT2D eigenvalue weighted by Gasteiger charge is 2.28. The van der Waals surface area contributed by atoms with E-state index in [9.17, 15) is 24.1 Å². The zero-order valence-electron chi connectivity index (χ0n) is 10.1. The summed E-state index contributed by atoms with van der Waals surface area (Å²) in [5.41, 5.74) is -1.14.